The minimum atomic E-state index is 0.848. The van der Waals surface area contributed by atoms with Crippen LogP contribution in [0.25, 0.3) is 110 Å². The van der Waals surface area contributed by atoms with E-state index in [1.165, 1.54) is 49.0 Å². The van der Waals surface area contributed by atoms with Crippen LogP contribution >= 0.6 is 0 Å². The zero-order valence-electron chi connectivity index (χ0n) is 31.4. The number of fused-ring (bicyclic) bond motifs is 9. The van der Waals surface area contributed by atoms with Gasteiger partial charge in [0, 0.05) is 44.0 Å². The number of hydrogen-bond donors (Lipinski definition) is 0. The van der Waals surface area contributed by atoms with Gasteiger partial charge in [0.2, 0.25) is 0 Å². The van der Waals surface area contributed by atoms with Gasteiger partial charge in [-0.05, 0) is 76.5 Å². The fourth-order valence-corrected chi connectivity index (χ4v) is 9.11. The summed E-state index contributed by atoms with van der Waals surface area (Å²) in [6.07, 6.45) is 0. The van der Waals surface area contributed by atoms with E-state index in [-0.39, 0.29) is 0 Å². The molecular weight excluding hydrogens is 705 g/mol. The maximum Gasteiger partial charge on any atom is 0.0973 e. The maximum atomic E-state index is 5.37. The highest BCUT2D eigenvalue weighted by Crippen LogP contribution is 2.44. The molecule has 0 N–H and O–H groups in total. The van der Waals surface area contributed by atoms with E-state index in [9.17, 15) is 0 Å². The molecule has 0 amide bonds. The summed E-state index contributed by atoms with van der Waals surface area (Å²) in [4.78, 5) is 10.6. The van der Waals surface area contributed by atoms with Gasteiger partial charge in [0.15, 0.2) is 0 Å². The predicted molar refractivity (Wildman–Crippen MR) is 242 cm³/mol. The van der Waals surface area contributed by atoms with Crippen LogP contribution in [0.2, 0.25) is 0 Å². The van der Waals surface area contributed by atoms with Crippen molar-refractivity contribution >= 4 is 65.4 Å². The van der Waals surface area contributed by atoms with Crippen molar-refractivity contribution in [1.82, 2.24) is 19.1 Å². The number of benzene rings is 9. The molecule has 4 nitrogen and oxygen atoms in total. The van der Waals surface area contributed by atoms with Gasteiger partial charge in [-0.2, -0.15) is 0 Å². The highest BCUT2D eigenvalue weighted by molar-refractivity contribution is 6.27. The van der Waals surface area contributed by atoms with Crippen molar-refractivity contribution in [1.29, 1.82) is 0 Å². The molecule has 12 aromatic rings. The quantitative estimate of drug-likeness (QED) is 0.176. The van der Waals surface area contributed by atoms with Crippen LogP contribution < -0.4 is 0 Å². The van der Waals surface area contributed by atoms with Crippen LogP contribution in [-0.4, -0.2) is 19.1 Å². The number of hydrogen-bond acceptors (Lipinski definition) is 2. The molecule has 0 aliphatic heterocycles. The summed E-state index contributed by atoms with van der Waals surface area (Å²) < 4.78 is 4.85. The Morgan fingerprint density at radius 1 is 0.293 bits per heavy atom. The molecule has 0 radical (unpaired) electrons. The SMILES string of the molecule is c1ccc(-c2nc3ccc(-n4c5ccccc5c5cc6c7c8ccccc8c(-c8ccccc8)cc7n(-c7ccccc7)c6cc54)cc3nc2-c2ccccc2)cc1. The Morgan fingerprint density at radius 3 is 1.52 bits per heavy atom. The van der Waals surface area contributed by atoms with E-state index in [4.69, 9.17) is 9.97 Å². The first-order valence-electron chi connectivity index (χ1n) is 19.8. The second-order valence-corrected chi connectivity index (χ2v) is 15.0. The van der Waals surface area contributed by atoms with Gasteiger partial charge < -0.3 is 9.13 Å². The lowest BCUT2D eigenvalue weighted by Gasteiger charge is -2.13. The van der Waals surface area contributed by atoms with Crippen molar-refractivity contribution < 1.29 is 0 Å². The van der Waals surface area contributed by atoms with E-state index in [2.05, 4.69) is 203 Å². The average Bonchev–Trinajstić information content (AvgIpc) is 3.80. The summed E-state index contributed by atoms with van der Waals surface area (Å²) in [7, 11) is 0. The average molecular weight is 739 g/mol. The molecule has 58 heavy (non-hydrogen) atoms. The zero-order chi connectivity index (χ0) is 38.2. The Kier molecular flexibility index (Phi) is 7.20. The summed E-state index contributed by atoms with van der Waals surface area (Å²) in [5.74, 6) is 0. The molecule has 0 aliphatic carbocycles. The van der Waals surface area contributed by atoms with Crippen LogP contribution in [0.1, 0.15) is 0 Å². The summed E-state index contributed by atoms with van der Waals surface area (Å²) in [5, 5.41) is 7.41. The smallest absolute Gasteiger partial charge is 0.0973 e. The molecular formula is C54H34N4. The third-order valence-electron chi connectivity index (χ3n) is 11.7. The van der Waals surface area contributed by atoms with Crippen molar-refractivity contribution in [2.45, 2.75) is 0 Å². The van der Waals surface area contributed by atoms with E-state index in [1.807, 2.05) is 12.1 Å². The van der Waals surface area contributed by atoms with Crippen molar-refractivity contribution in [2.24, 2.45) is 0 Å². The highest BCUT2D eigenvalue weighted by Gasteiger charge is 2.22. The monoisotopic (exact) mass is 738 g/mol. The first kappa shape index (κ1) is 32.4. The van der Waals surface area contributed by atoms with Gasteiger partial charge in [0.25, 0.3) is 0 Å². The normalized spacial score (nSPS) is 11.8. The number of para-hydroxylation sites is 2. The Bertz CT molecular complexity index is 3530. The fraction of sp³-hybridized carbons (Fsp3) is 0. The topological polar surface area (TPSA) is 35.6 Å². The van der Waals surface area contributed by atoms with Gasteiger partial charge in [-0.25, -0.2) is 9.97 Å². The van der Waals surface area contributed by atoms with Crippen molar-refractivity contribution in [3.05, 3.63) is 206 Å². The summed E-state index contributed by atoms with van der Waals surface area (Å²) in [6.45, 7) is 0. The third-order valence-corrected chi connectivity index (χ3v) is 11.7. The molecule has 0 fully saturated rings. The second-order valence-electron chi connectivity index (χ2n) is 15.0. The van der Waals surface area contributed by atoms with Gasteiger partial charge in [0.05, 0.1) is 44.5 Å². The van der Waals surface area contributed by atoms with Crippen LogP contribution in [0.15, 0.2) is 206 Å². The van der Waals surface area contributed by atoms with Gasteiger partial charge in [-0.3, -0.25) is 0 Å². The first-order chi connectivity index (χ1) is 28.8. The van der Waals surface area contributed by atoms with E-state index in [1.54, 1.807) is 0 Å². The Morgan fingerprint density at radius 2 is 0.828 bits per heavy atom. The van der Waals surface area contributed by atoms with Crippen LogP contribution in [0, 0.1) is 0 Å². The third kappa shape index (κ3) is 4.95. The van der Waals surface area contributed by atoms with Crippen molar-refractivity contribution in [3.8, 4) is 45.0 Å². The second kappa shape index (κ2) is 12.9. The van der Waals surface area contributed by atoms with Crippen LogP contribution in [0.3, 0.4) is 0 Å². The fourth-order valence-electron chi connectivity index (χ4n) is 9.11. The van der Waals surface area contributed by atoms with Gasteiger partial charge >= 0.3 is 0 Å². The van der Waals surface area contributed by atoms with Crippen molar-refractivity contribution in [3.63, 3.8) is 0 Å². The molecule has 0 aliphatic rings. The molecule has 0 saturated heterocycles. The van der Waals surface area contributed by atoms with Crippen LogP contribution in [0.4, 0.5) is 0 Å². The number of aromatic nitrogens is 4. The maximum absolute atomic E-state index is 5.37. The van der Waals surface area contributed by atoms with Gasteiger partial charge in [-0.15, -0.1) is 0 Å². The lowest BCUT2D eigenvalue weighted by atomic mass is 9.94. The standard InChI is InChI=1S/C54H34N4/c1-5-17-35(18-6-1)43-33-51-52(42-27-14-13-25-40(42)43)45-32-44-41-26-15-16-28-48(41)58(49(44)34-50(45)57(51)38-23-11-4-12-24-38)39-29-30-46-47(31-39)56-54(37-21-9-3-10-22-37)53(55-46)36-19-7-2-8-20-36/h1-34H. The van der Waals surface area contributed by atoms with Crippen molar-refractivity contribution in [2.75, 3.05) is 0 Å². The highest BCUT2D eigenvalue weighted by atomic mass is 15.0. The molecule has 270 valence electrons. The lowest BCUT2D eigenvalue weighted by molar-refractivity contribution is 1.16. The Balaban J connectivity index is 1.17. The Hall–Kier alpha value is -7.82. The van der Waals surface area contributed by atoms with E-state index < -0.39 is 0 Å². The summed E-state index contributed by atoms with van der Waals surface area (Å²) in [6, 6.07) is 73.7. The molecule has 12 rings (SSSR count). The Labute approximate surface area is 334 Å². The summed E-state index contributed by atoms with van der Waals surface area (Å²) >= 11 is 0. The van der Waals surface area contributed by atoms with Crippen LogP contribution in [-0.2, 0) is 0 Å². The molecule has 3 aromatic heterocycles. The minimum Gasteiger partial charge on any atom is -0.309 e. The van der Waals surface area contributed by atoms with E-state index in [0.29, 0.717) is 0 Å². The molecule has 0 unspecified atom stereocenters. The molecule has 0 spiro atoms. The molecule has 0 atom stereocenters. The molecule has 4 heteroatoms. The minimum absolute atomic E-state index is 0.848. The van der Waals surface area contributed by atoms with E-state index >= 15 is 0 Å². The van der Waals surface area contributed by atoms with Gasteiger partial charge in [0.1, 0.15) is 0 Å². The molecule has 0 bridgehead atoms. The van der Waals surface area contributed by atoms with E-state index in [0.717, 1.165) is 61.5 Å². The summed E-state index contributed by atoms with van der Waals surface area (Å²) in [5.41, 5.74) is 14.8. The van der Waals surface area contributed by atoms with Crippen LogP contribution in [0.5, 0.6) is 0 Å². The molecule has 3 heterocycles. The molecule has 0 saturated carbocycles. The zero-order valence-corrected chi connectivity index (χ0v) is 31.4. The number of nitrogens with zero attached hydrogens (tertiary/aromatic N) is 4. The molecule has 9 aromatic carbocycles. The lowest BCUT2D eigenvalue weighted by Crippen LogP contribution is -1.99. The first-order valence-corrected chi connectivity index (χ1v) is 19.8. The predicted octanol–water partition coefficient (Wildman–Crippen LogP) is 14.0. The number of rotatable bonds is 5. The largest absolute Gasteiger partial charge is 0.309 e. The van der Waals surface area contributed by atoms with Gasteiger partial charge in [-0.1, -0.05) is 152 Å².